The Bertz CT molecular complexity index is 668. The minimum Gasteiger partial charge on any atom is -0.381 e. The molecule has 23 heavy (non-hydrogen) atoms. The van der Waals surface area contributed by atoms with Crippen LogP contribution in [0.15, 0.2) is 18.3 Å². The highest BCUT2D eigenvalue weighted by atomic mass is 32.2. The summed E-state index contributed by atoms with van der Waals surface area (Å²) >= 11 is 0. The van der Waals surface area contributed by atoms with E-state index < -0.39 is 9.84 Å². The van der Waals surface area contributed by atoms with E-state index in [9.17, 15) is 13.2 Å². The normalized spacial score (nSPS) is 24.9. The molecule has 2 N–H and O–H groups in total. The lowest BCUT2D eigenvalue weighted by atomic mass is 9.95. The number of amides is 1. The van der Waals surface area contributed by atoms with Crippen molar-refractivity contribution in [1.82, 2.24) is 4.98 Å². The highest BCUT2D eigenvalue weighted by Gasteiger charge is 2.30. The number of carbonyl (C=O) groups is 1. The molecule has 1 aromatic rings. The number of sulfone groups is 1. The van der Waals surface area contributed by atoms with Crippen LogP contribution in [0.3, 0.4) is 0 Å². The van der Waals surface area contributed by atoms with Gasteiger partial charge in [0.05, 0.1) is 17.1 Å². The number of nitrogens with one attached hydrogen (secondary N) is 2. The van der Waals surface area contributed by atoms with Gasteiger partial charge < -0.3 is 10.6 Å². The van der Waals surface area contributed by atoms with Gasteiger partial charge in [0, 0.05) is 18.2 Å². The maximum absolute atomic E-state index is 11.7. The maximum atomic E-state index is 11.7. The minimum absolute atomic E-state index is 0.0430. The lowest BCUT2D eigenvalue weighted by Gasteiger charge is -2.29. The molecule has 6 nitrogen and oxygen atoms in total. The van der Waals surface area contributed by atoms with Gasteiger partial charge >= 0.3 is 0 Å². The van der Waals surface area contributed by atoms with Gasteiger partial charge in [0.15, 0.2) is 0 Å². The van der Waals surface area contributed by atoms with E-state index in [-0.39, 0.29) is 23.1 Å². The van der Waals surface area contributed by atoms with Crippen molar-refractivity contribution < 1.29 is 13.2 Å². The molecule has 2 unspecified atom stereocenters. The van der Waals surface area contributed by atoms with Gasteiger partial charge in [-0.3, -0.25) is 4.79 Å². The predicted octanol–water partition coefficient (Wildman–Crippen LogP) is 2.20. The molecule has 0 aliphatic heterocycles. The van der Waals surface area contributed by atoms with Crippen LogP contribution >= 0.6 is 0 Å². The summed E-state index contributed by atoms with van der Waals surface area (Å²) < 4.78 is 23.4. The quantitative estimate of drug-likeness (QED) is 0.860. The zero-order valence-electron chi connectivity index (χ0n) is 13.3. The molecule has 3 rings (SSSR count). The van der Waals surface area contributed by atoms with E-state index in [0.29, 0.717) is 12.2 Å². The van der Waals surface area contributed by atoms with Crippen LogP contribution in [-0.2, 0) is 14.6 Å². The van der Waals surface area contributed by atoms with Gasteiger partial charge in [0.25, 0.3) is 0 Å². The van der Waals surface area contributed by atoms with Gasteiger partial charge in [-0.2, -0.15) is 0 Å². The van der Waals surface area contributed by atoms with Crippen molar-refractivity contribution >= 4 is 27.2 Å². The van der Waals surface area contributed by atoms with Crippen LogP contribution in [0.25, 0.3) is 0 Å². The highest BCUT2D eigenvalue weighted by molar-refractivity contribution is 7.91. The Labute approximate surface area is 137 Å². The second-order valence-electron chi connectivity index (χ2n) is 6.66. The van der Waals surface area contributed by atoms with Crippen LogP contribution < -0.4 is 10.6 Å². The molecule has 0 radical (unpaired) electrons. The molecule has 2 aliphatic rings. The van der Waals surface area contributed by atoms with Gasteiger partial charge in [0.1, 0.15) is 15.7 Å². The van der Waals surface area contributed by atoms with E-state index >= 15 is 0 Å². The average molecular weight is 337 g/mol. The Balaban J connectivity index is 1.56. The van der Waals surface area contributed by atoms with Crippen LogP contribution in [0.5, 0.6) is 0 Å². The standard InChI is InChI=1S/C16H23N3O3S/c1-23(21,22)14-4-2-3-12(9-14)18-13-7-8-15(17-10-13)19-16(20)11-5-6-11/h7-8,10-12,14,18H,2-6,9H2,1H3,(H,17,19,20). The number of nitrogens with zero attached hydrogens (tertiary/aromatic N) is 1. The number of hydrogen-bond donors (Lipinski definition) is 2. The van der Waals surface area contributed by atoms with Crippen molar-refractivity contribution in [1.29, 1.82) is 0 Å². The molecule has 1 aromatic heterocycles. The monoisotopic (exact) mass is 337 g/mol. The van der Waals surface area contributed by atoms with Gasteiger partial charge in [0.2, 0.25) is 5.91 Å². The fourth-order valence-corrected chi connectivity index (χ4v) is 4.20. The minimum atomic E-state index is -2.98. The van der Waals surface area contributed by atoms with E-state index in [4.69, 9.17) is 0 Å². The predicted molar refractivity (Wildman–Crippen MR) is 90.1 cm³/mol. The van der Waals surface area contributed by atoms with E-state index in [2.05, 4.69) is 15.6 Å². The highest BCUT2D eigenvalue weighted by Crippen LogP contribution is 2.30. The zero-order chi connectivity index (χ0) is 16.4. The number of carbonyl (C=O) groups excluding carboxylic acids is 1. The molecular weight excluding hydrogens is 314 g/mol. The second-order valence-corrected chi connectivity index (χ2v) is 8.98. The molecule has 1 heterocycles. The number of pyridine rings is 1. The number of hydrogen-bond acceptors (Lipinski definition) is 5. The molecule has 126 valence electrons. The first-order valence-electron chi connectivity index (χ1n) is 8.14. The van der Waals surface area contributed by atoms with Crippen molar-refractivity contribution in [2.75, 3.05) is 16.9 Å². The molecule has 2 atom stereocenters. The van der Waals surface area contributed by atoms with Gasteiger partial charge in [-0.1, -0.05) is 6.42 Å². The van der Waals surface area contributed by atoms with E-state index in [1.54, 1.807) is 12.3 Å². The summed E-state index contributed by atoms with van der Waals surface area (Å²) in [5.74, 6) is 0.761. The van der Waals surface area contributed by atoms with Gasteiger partial charge in [-0.25, -0.2) is 13.4 Å². The fraction of sp³-hybridized carbons (Fsp3) is 0.625. The van der Waals surface area contributed by atoms with Crippen molar-refractivity contribution in [3.63, 3.8) is 0 Å². The summed E-state index contributed by atoms with van der Waals surface area (Å²) in [4.78, 5) is 15.9. The third-order valence-corrected chi connectivity index (χ3v) is 6.20. The summed E-state index contributed by atoms with van der Waals surface area (Å²) in [6, 6.07) is 3.80. The molecule has 7 heteroatoms. The Morgan fingerprint density at radius 2 is 2.00 bits per heavy atom. The van der Waals surface area contributed by atoms with E-state index in [0.717, 1.165) is 37.8 Å². The van der Waals surface area contributed by atoms with Crippen LogP contribution in [-0.4, -0.2) is 36.9 Å². The molecule has 0 saturated heterocycles. The first-order chi connectivity index (χ1) is 10.9. The summed E-state index contributed by atoms with van der Waals surface area (Å²) in [5.41, 5.74) is 0.855. The summed E-state index contributed by atoms with van der Waals surface area (Å²) in [5, 5.41) is 5.91. The number of aromatic nitrogens is 1. The van der Waals surface area contributed by atoms with Crippen molar-refractivity contribution in [3.05, 3.63) is 18.3 Å². The maximum Gasteiger partial charge on any atom is 0.228 e. The Morgan fingerprint density at radius 1 is 1.22 bits per heavy atom. The first kappa shape index (κ1) is 16.2. The third-order valence-electron chi connectivity index (χ3n) is 4.57. The Morgan fingerprint density at radius 3 is 2.61 bits per heavy atom. The van der Waals surface area contributed by atoms with Crippen molar-refractivity contribution in [2.45, 2.75) is 49.8 Å². The zero-order valence-corrected chi connectivity index (χ0v) is 14.1. The SMILES string of the molecule is CS(=O)(=O)C1CCCC(Nc2ccc(NC(=O)C3CC3)nc2)C1. The van der Waals surface area contributed by atoms with Crippen LogP contribution in [0.1, 0.15) is 38.5 Å². The fourth-order valence-electron chi connectivity index (χ4n) is 3.03. The molecule has 0 spiro atoms. The average Bonchev–Trinajstić information content (AvgIpc) is 3.33. The first-order valence-corrected chi connectivity index (χ1v) is 10.1. The molecule has 2 saturated carbocycles. The second kappa shape index (κ2) is 6.47. The summed E-state index contributed by atoms with van der Waals surface area (Å²) in [7, 11) is -2.98. The molecule has 2 aliphatic carbocycles. The summed E-state index contributed by atoms with van der Waals surface area (Å²) in [6.07, 6.45) is 8.21. The van der Waals surface area contributed by atoms with Crippen LogP contribution in [0.4, 0.5) is 11.5 Å². The molecular formula is C16H23N3O3S. The van der Waals surface area contributed by atoms with Gasteiger partial charge in [-0.05, 0) is 44.2 Å². The van der Waals surface area contributed by atoms with Crippen LogP contribution in [0.2, 0.25) is 0 Å². The van der Waals surface area contributed by atoms with Gasteiger partial charge in [-0.15, -0.1) is 0 Å². The Kier molecular flexibility index (Phi) is 4.57. The van der Waals surface area contributed by atoms with Crippen LogP contribution in [0, 0.1) is 5.92 Å². The topological polar surface area (TPSA) is 88.2 Å². The summed E-state index contributed by atoms with van der Waals surface area (Å²) in [6.45, 7) is 0. The molecule has 1 amide bonds. The number of rotatable bonds is 5. The molecule has 2 fully saturated rings. The molecule has 0 bridgehead atoms. The largest absolute Gasteiger partial charge is 0.381 e. The smallest absolute Gasteiger partial charge is 0.228 e. The lowest BCUT2D eigenvalue weighted by Crippen LogP contribution is -2.34. The van der Waals surface area contributed by atoms with Crippen molar-refractivity contribution in [3.8, 4) is 0 Å². The van der Waals surface area contributed by atoms with E-state index in [1.807, 2.05) is 6.07 Å². The van der Waals surface area contributed by atoms with E-state index in [1.165, 1.54) is 6.26 Å². The molecule has 0 aromatic carbocycles. The lowest BCUT2D eigenvalue weighted by molar-refractivity contribution is -0.117. The third kappa shape index (κ3) is 4.43. The van der Waals surface area contributed by atoms with Crippen molar-refractivity contribution in [2.24, 2.45) is 5.92 Å². The Hall–Kier alpha value is -1.63. The number of anilines is 2.